The molecule has 0 spiro atoms. The van der Waals surface area contributed by atoms with Crippen LogP contribution in [0.2, 0.25) is 0 Å². The van der Waals surface area contributed by atoms with Crippen LogP contribution in [-0.2, 0) is 12.8 Å². The molecule has 2 aromatic rings. The van der Waals surface area contributed by atoms with E-state index in [9.17, 15) is 0 Å². The van der Waals surface area contributed by atoms with Gasteiger partial charge in [-0.3, -0.25) is 0 Å². The molecule has 0 saturated carbocycles. The topological polar surface area (TPSA) is 0 Å². The number of rotatable bonds is 4. The summed E-state index contributed by atoms with van der Waals surface area (Å²) < 4.78 is 0. The zero-order valence-corrected chi connectivity index (χ0v) is 10.6. The molecule has 0 aliphatic rings. The van der Waals surface area contributed by atoms with Gasteiger partial charge in [-0.1, -0.05) is 62.4 Å². The summed E-state index contributed by atoms with van der Waals surface area (Å²) in [4.78, 5) is 0. The molecule has 0 nitrogen and oxygen atoms in total. The van der Waals surface area contributed by atoms with Gasteiger partial charge in [0.25, 0.3) is 0 Å². The van der Waals surface area contributed by atoms with Gasteiger partial charge in [0.1, 0.15) is 0 Å². The third kappa shape index (κ3) is 3.20. The van der Waals surface area contributed by atoms with E-state index in [1.807, 2.05) is 0 Å². The molecule has 0 fully saturated rings. The lowest BCUT2D eigenvalue weighted by molar-refractivity contribution is 1.13. The molecular weight excluding hydrogens is 204 g/mol. The van der Waals surface area contributed by atoms with Crippen LogP contribution in [0.15, 0.2) is 48.5 Å². The maximum Gasteiger partial charge on any atom is 0.0199 e. The van der Waals surface area contributed by atoms with Crippen molar-refractivity contribution in [3.8, 4) is 0 Å². The molecule has 0 unspecified atom stereocenters. The predicted octanol–water partition coefficient (Wildman–Crippen LogP) is 4.41. The van der Waals surface area contributed by atoms with Crippen LogP contribution >= 0.6 is 0 Å². The van der Waals surface area contributed by atoms with E-state index in [1.165, 1.54) is 22.3 Å². The van der Waals surface area contributed by atoms with Crippen LogP contribution in [0.5, 0.6) is 0 Å². The Balaban J connectivity index is 2.08. The van der Waals surface area contributed by atoms with Crippen molar-refractivity contribution in [2.45, 2.75) is 26.7 Å². The highest BCUT2D eigenvalue weighted by molar-refractivity contribution is 5.39. The van der Waals surface area contributed by atoms with Crippen LogP contribution in [0.3, 0.4) is 0 Å². The van der Waals surface area contributed by atoms with Gasteiger partial charge in [-0.25, -0.2) is 0 Å². The summed E-state index contributed by atoms with van der Waals surface area (Å²) in [5.41, 5.74) is 5.32. The van der Waals surface area contributed by atoms with Crippen molar-refractivity contribution < 1.29 is 0 Å². The largest absolute Gasteiger partial charge is 0.0613 e. The molecule has 0 bridgehead atoms. The van der Waals surface area contributed by atoms with E-state index >= 15 is 0 Å². The van der Waals surface area contributed by atoms with E-state index in [4.69, 9.17) is 0 Å². The van der Waals surface area contributed by atoms with Gasteiger partial charge in [0, 0.05) is 6.42 Å². The molecule has 87 valence electrons. The van der Waals surface area contributed by atoms with Gasteiger partial charge < -0.3 is 0 Å². The molecule has 1 radical (unpaired) electrons. The van der Waals surface area contributed by atoms with Gasteiger partial charge in [-0.05, 0) is 35.1 Å². The van der Waals surface area contributed by atoms with Gasteiger partial charge in [0.05, 0.1) is 0 Å². The molecule has 0 aromatic heterocycles. The van der Waals surface area contributed by atoms with E-state index in [1.54, 1.807) is 0 Å². The summed E-state index contributed by atoms with van der Waals surface area (Å²) in [7, 11) is 0. The first-order chi connectivity index (χ1) is 8.31. The fourth-order valence-corrected chi connectivity index (χ4v) is 1.89. The zero-order chi connectivity index (χ0) is 12.1. The lowest BCUT2D eigenvalue weighted by Crippen LogP contribution is -1.87. The highest BCUT2D eigenvalue weighted by Gasteiger charge is 1.97. The van der Waals surface area contributed by atoms with Crippen molar-refractivity contribution in [2.75, 3.05) is 0 Å². The Labute approximate surface area is 104 Å². The summed E-state index contributed by atoms with van der Waals surface area (Å²) in [6.45, 7) is 4.37. The standard InChI is InChI=1S/C17H19/c1-3-14-5-9-16(10-6-14)13-17-11-7-15(4-2)8-12-17/h5-13H,3-4H2,1-2H3. The molecule has 0 atom stereocenters. The SMILES string of the molecule is CCc1ccc([CH]c2ccc(CC)cc2)cc1. The first kappa shape index (κ1) is 11.9. The molecule has 0 N–H and O–H groups in total. The van der Waals surface area contributed by atoms with Gasteiger partial charge in [0.15, 0.2) is 0 Å². The van der Waals surface area contributed by atoms with E-state index in [0.717, 1.165) is 12.8 Å². The highest BCUT2D eigenvalue weighted by atomic mass is 14.0. The van der Waals surface area contributed by atoms with Crippen LogP contribution in [0.4, 0.5) is 0 Å². The van der Waals surface area contributed by atoms with Gasteiger partial charge in [-0.2, -0.15) is 0 Å². The van der Waals surface area contributed by atoms with Crippen molar-refractivity contribution in [1.29, 1.82) is 0 Å². The summed E-state index contributed by atoms with van der Waals surface area (Å²) in [6.07, 6.45) is 4.43. The minimum atomic E-state index is 1.10. The third-order valence-corrected chi connectivity index (χ3v) is 3.11. The molecule has 0 aliphatic carbocycles. The average molecular weight is 223 g/mol. The molecule has 0 heteroatoms. The Morgan fingerprint density at radius 3 is 1.29 bits per heavy atom. The van der Waals surface area contributed by atoms with Crippen molar-refractivity contribution in [3.63, 3.8) is 0 Å². The van der Waals surface area contributed by atoms with E-state index in [0.29, 0.717) is 0 Å². The Morgan fingerprint density at radius 2 is 1.00 bits per heavy atom. The van der Waals surface area contributed by atoms with Crippen LogP contribution in [-0.4, -0.2) is 0 Å². The van der Waals surface area contributed by atoms with Crippen molar-refractivity contribution in [2.24, 2.45) is 0 Å². The third-order valence-electron chi connectivity index (χ3n) is 3.11. The predicted molar refractivity (Wildman–Crippen MR) is 74.1 cm³/mol. The number of hydrogen-bond donors (Lipinski definition) is 0. The Bertz CT molecular complexity index is 403. The van der Waals surface area contributed by atoms with Gasteiger partial charge in [0.2, 0.25) is 0 Å². The first-order valence-corrected chi connectivity index (χ1v) is 6.34. The monoisotopic (exact) mass is 223 g/mol. The maximum atomic E-state index is 2.22. The second-order valence-electron chi connectivity index (χ2n) is 4.33. The van der Waals surface area contributed by atoms with E-state index in [2.05, 4.69) is 68.8 Å². The average Bonchev–Trinajstić information content (AvgIpc) is 2.40. The Kier molecular flexibility index (Phi) is 3.98. The number of hydrogen-bond acceptors (Lipinski definition) is 0. The molecule has 0 heterocycles. The summed E-state index contributed by atoms with van der Waals surface area (Å²) in [5.74, 6) is 0. The van der Waals surface area contributed by atoms with E-state index < -0.39 is 0 Å². The molecule has 0 amide bonds. The fraction of sp³-hybridized carbons (Fsp3) is 0.235. The van der Waals surface area contributed by atoms with Crippen LogP contribution < -0.4 is 0 Å². The van der Waals surface area contributed by atoms with Crippen molar-refractivity contribution >= 4 is 0 Å². The van der Waals surface area contributed by atoms with Crippen molar-refractivity contribution in [1.82, 2.24) is 0 Å². The molecule has 0 saturated heterocycles. The first-order valence-electron chi connectivity index (χ1n) is 6.34. The molecule has 0 aliphatic heterocycles. The Hall–Kier alpha value is -1.56. The van der Waals surface area contributed by atoms with Crippen molar-refractivity contribution in [3.05, 3.63) is 77.2 Å². The quantitative estimate of drug-likeness (QED) is 0.720. The minimum absolute atomic E-state index is 1.10. The number of aryl methyl sites for hydroxylation is 2. The zero-order valence-electron chi connectivity index (χ0n) is 10.6. The summed E-state index contributed by atoms with van der Waals surface area (Å²) >= 11 is 0. The van der Waals surface area contributed by atoms with Crippen LogP contribution in [0.1, 0.15) is 36.1 Å². The lowest BCUT2D eigenvalue weighted by atomic mass is 10.0. The molecule has 17 heavy (non-hydrogen) atoms. The summed E-state index contributed by atoms with van der Waals surface area (Å²) in [5, 5.41) is 0. The minimum Gasteiger partial charge on any atom is -0.0613 e. The van der Waals surface area contributed by atoms with E-state index in [-0.39, 0.29) is 0 Å². The highest BCUT2D eigenvalue weighted by Crippen LogP contribution is 2.14. The summed E-state index contributed by atoms with van der Waals surface area (Å²) in [6, 6.07) is 17.6. The molecule has 2 rings (SSSR count). The normalized spacial score (nSPS) is 10.5. The second-order valence-corrected chi connectivity index (χ2v) is 4.33. The smallest absolute Gasteiger partial charge is 0.0199 e. The molecule has 2 aromatic carbocycles. The van der Waals surface area contributed by atoms with Crippen LogP contribution in [0.25, 0.3) is 0 Å². The number of benzene rings is 2. The Morgan fingerprint density at radius 1 is 0.647 bits per heavy atom. The second kappa shape index (κ2) is 5.67. The fourth-order valence-electron chi connectivity index (χ4n) is 1.89. The van der Waals surface area contributed by atoms with Crippen LogP contribution in [0, 0.1) is 6.42 Å². The van der Waals surface area contributed by atoms with Gasteiger partial charge in [-0.15, -0.1) is 0 Å². The maximum absolute atomic E-state index is 2.22. The van der Waals surface area contributed by atoms with Gasteiger partial charge >= 0.3 is 0 Å². The molecular formula is C17H19. The lowest BCUT2D eigenvalue weighted by Gasteiger charge is -2.04.